The highest BCUT2D eigenvalue weighted by Gasteiger charge is 2.13. The fourth-order valence-corrected chi connectivity index (χ4v) is 3.95. The van der Waals surface area contributed by atoms with Crippen LogP contribution in [-0.2, 0) is 10.0 Å². The van der Waals surface area contributed by atoms with Crippen molar-refractivity contribution in [2.45, 2.75) is 6.92 Å². The number of para-hydroxylation sites is 2. The molecule has 0 saturated carbocycles. The highest BCUT2D eigenvalue weighted by atomic mass is 35.5. The highest BCUT2D eigenvalue weighted by molar-refractivity contribution is 7.92. The summed E-state index contributed by atoms with van der Waals surface area (Å²) in [5.41, 5.74) is 5.02. The molecule has 0 aliphatic heterocycles. The summed E-state index contributed by atoms with van der Waals surface area (Å²) in [6.07, 6.45) is 1.11. The van der Waals surface area contributed by atoms with Crippen LogP contribution in [0, 0.1) is 6.92 Å². The van der Waals surface area contributed by atoms with E-state index in [2.05, 4.69) is 10.0 Å². The van der Waals surface area contributed by atoms with Gasteiger partial charge in [-0.2, -0.15) is 0 Å². The molecule has 0 amide bonds. The molecule has 0 radical (unpaired) electrons. The number of fused-ring (bicyclic) bond motifs is 2. The van der Waals surface area contributed by atoms with Gasteiger partial charge in [0.15, 0.2) is 0 Å². The maximum atomic E-state index is 11.5. The minimum absolute atomic E-state index is 0. The molecule has 8 heteroatoms. The number of rotatable bonds is 5. The van der Waals surface area contributed by atoms with Crippen LogP contribution in [0.2, 0.25) is 0 Å². The van der Waals surface area contributed by atoms with Crippen LogP contribution < -0.4 is 14.8 Å². The molecule has 0 aliphatic carbocycles. The van der Waals surface area contributed by atoms with Crippen LogP contribution >= 0.6 is 12.4 Å². The zero-order valence-corrected chi connectivity index (χ0v) is 18.4. The van der Waals surface area contributed by atoms with Crippen LogP contribution in [0.5, 0.6) is 5.75 Å². The van der Waals surface area contributed by atoms with Gasteiger partial charge in [0.2, 0.25) is 10.0 Å². The minimum atomic E-state index is -3.37. The van der Waals surface area contributed by atoms with Gasteiger partial charge in [-0.3, -0.25) is 4.72 Å². The average Bonchev–Trinajstić information content (AvgIpc) is 2.68. The SMILES string of the molecule is COc1cc(NS(C)(=O)=O)ccc1Nc1c2ccccc2nc2c(C)cccc12.Cl. The molecule has 2 N–H and O–H groups in total. The van der Waals surface area contributed by atoms with E-state index in [0.29, 0.717) is 11.4 Å². The molecule has 0 unspecified atom stereocenters. The van der Waals surface area contributed by atoms with Gasteiger partial charge in [0.1, 0.15) is 5.75 Å². The zero-order valence-electron chi connectivity index (χ0n) is 16.8. The molecule has 156 valence electrons. The summed E-state index contributed by atoms with van der Waals surface area (Å²) < 4.78 is 31.0. The Balaban J connectivity index is 0.00000256. The Morgan fingerprint density at radius 1 is 0.967 bits per heavy atom. The summed E-state index contributed by atoms with van der Waals surface area (Å²) >= 11 is 0. The largest absolute Gasteiger partial charge is 0.494 e. The smallest absolute Gasteiger partial charge is 0.229 e. The fourth-order valence-electron chi connectivity index (χ4n) is 3.40. The predicted octanol–water partition coefficient (Wildman–Crippen LogP) is 5.24. The Morgan fingerprint density at radius 3 is 2.43 bits per heavy atom. The van der Waals surface area contributed by atoms with Crippen LogP contribution in [0.1, 0.15) is 5.56 Å². The van der Waals surface area contributed by atoms with E-state index in [-0.39, 0.29) is 12.4 Å². The molecule has 0 atom stereocenters. The third kappa shape index (κ3) is 4.27. The number of ether oxygens (including phenoxy) is 1. The Morgan fingerprint density at radius 2 is 1.70 bits per heavy atom. The summed E-state index contributed by atoms with van der Waals surface area (Å²) in [5, 5.41) is 5.48. The lowest BCUT2D eigenvalue weighted by atomic mass is 10.0. The van der Waals surface area contributed by atoms with Gasteiger partial charge in [0.05, 0.1) is 41.5 Å². The second kappa shape index (κ2) is 8.38. The van der Waals surface area contributed by atoms with Crippen molar-refractivity contribution in [2.75, 3.05) is 23.4 Å². The molecule has 0 aliphatic rings. The Hall–Kier alpha value is -3.03. The van der Waals surface area contributed by atoms with Gasteiger partial charge < -0.3 is 10.1 Å². The summed E-state index contributed by atoms with van der Waals surface area (Å²) in [6.45, 7) is 2.04. The van der Waals surface area contributed by atoms with E-state index < -0.39 is 10.0 Å². The number of aryl methyl sites for hydroxylation is 1. The van der Waals surface area contributed by atoms with Crippen molar-refractivity contribution in [2.24, 2.45) is 0 Å². The number of methoxy groups -OCH3 is 1. The molecule has 30 heavy (non-hydrogen) atoms. The van der Waals surface area contributed by atoms with E-state index in [1.165, 1.54) is 0 Å². The van der Waals surface area contributed by atoms with Crippen LogP contribution in [-0.4, -0.2) is 26.8 Å². The van der Waals surface area contributed by atoms with Crippen molar-refractivity contribution >= 4 is 61.3 Å². The summed E-state index contributed by atoms with van der Waals surface area (Å²) in [4.78, 5) is 4.83. The Kier molecular flexibility index (Phi) is 6.05. The number of anilines is 3. The number of sulfonamides is 1. The number of nitrogens with zero attached hydrogens (tertiary/aromatic N) is 1. The zero-order chi connectivity index (χ0) is 20.6. The number of pyridine rings is 1. The van der Waals surface area contributed by atoms with Crippen molar-refractivity contribution < 1.29 is 13.2 Å². The molecule has 1 aromatic heterocycles. The molecule has 0 spiro atoms. The van der Waals surface area contributed by atoms with Gasteiger partial charge in [0.25, 0.3) is 0 Å². The lowest BCUT2D eigenvalue weighted by molar-refractivity contribution is 0.417. The minimum Gasteiger partial charge on any atom is -0.494 e. The molecule has 0 saturated heterocycles. The van der Waals surface area contributed by atoms with Gasteiger partial charge in [-0.25, -0.2) is 13.4 Å². The first-order chi connectivity index (χ1) is 13.9. The first-order valence-electron chi connectivity index (χ1n) is 9.06. The monoisotopic (exact) mass is 443 g/mol. The van der Waals surface area contributed by atoms with E-state index in [9.17, 15) is 8.42 Å². The molecule has 1 heterocycles. The molecular weight excluding hydrogens is 422 g/mol. The first-order valence-corrected chi connectivity index (χ1v) is 11.0. The van der Waals surface area contributed by atoms with Crippen molar-refractivity contribution in [3.63, 3.8) is 0 Å². The maximum absolute atomic E-state index is 11.5. The number of nitrogens with one attached hydrogen (secondary N) is 2. The van der Waals surface area contributed by atoms with Gasteiger partial charge in [-0.15, -0.1) is 12.4 Å². The molecule has 3 aromatic carbocycles. The standard InChI is InChI=1S/C22H21N3O3S.ClH/c1-14-7-6-9-17-21(14)23-18-10-5-4-8-16(18)22(17)24-19-12-11-15(13-20(19)28-2)25-29(3,26)27;/h4-13,25H,1-3H3,(H,23,24);1H. The number of halogens is 1. The number of aromatic nitrogens is 1. The molecule has 0 bridgehead atoms. The van der Waals surface area contributed by atoms with Crippen LogP contribution in [0.15, 0.2) is 60.7 Å². The third-order valence-electron chi connectivity index (χ3n) is 4.68. The van der Waals surface area contributed by atoms with E-state index in [0.717, 1.165) is 45.0 Å². The second-order valence-electron chi connectivity index (χ2n) is 6.89. The maximum Gasteiger partial charge on any atom is 0.229 e. The molecule has 4 aromatic rings. The quantitative estimate of drug-likeness (QED) is 0.412. The van der Waals surface area contributed by atoms with Gasteiger partial charge in [-0.1, -0.05) is 36.4 Å². The van der Waals surface area contributed by atoms with Gasteiger partial charge in [0, 0.05) is 16.8 Å². The van der Waals surface area contributed by atoms with Crippen molar-refractivity contribution in [1.82, 2.24) is 4.98 Å². The van der Waals surface area contributed by atoms with E-state index in [1.807, 2.05) is 49.4 Å². The topological polar surface area (TPSA) is 80.3 Å². The predicted molar refractivity (Wildman–Crippen MR) is 126 cm³/mol. The fraction of sp³-hybridized carbons (Fsp3) is 0.136. The average molecular weight is 444 g/mol. The highest BCUT2D eigenvalue weighted by Crippen LogP contribution is 2.37. The van der Waals surface area contributed by atoms with Crippen molar-refractivity contribution in [1.29, 1.82) is 0 Å². The van der Waals surface area contributed by atoms with Gasteiger partial charge in [-0.05, 0) is 30.7 Å². The Bertz CT molecular complexity index is 1340. The van der Waals surface area contributed by atoms with Crippen LogP contribution in [0.25, 0.3) is 21.8 Å². The number of hydrogen-bond donors (Lipinski definition) is 2. The van der Waals surface area contributed by atoms with Crippen LogP contribution in [0.3, 0.4) is 0 Å². The van der Waals surface area contributed by atoms with Crippen LogP contribution in [0.4, 0.5) is 17.1 Å². The molecule has 4 rings (SSSR count). The Labute approximate surface area is 181 Å². The number of hydrogen-bond acceptors (Lipinski definition) is 5. The molecular formula is C22H22ClN3O3S. The summed E-state index contributed by atoms with van der Waals surface area (Å²) in [6, 6.07) is 19.2. The summed E-state index contributed by atoms with van der Waals surface area (Å²) in [7, 11) is -1.82. The van der Waals surface area contributed by atoms with E-state index >= 15 is 0 Å². The summed E-state index contributed by atoms with van der Waals surface area (Å²) in [5.74, 6) is 0.528. The third-order valence-corrected chi connectivity index (χ3v) is 5.28. The second-order valence-corrected chi connectivity index (χ2v) is 8.64. The molecule has 0 fully saturated rings. The van der Waals surface area contributed by atoms with E-state index in [1.54, 1.807) is 25.3 Å². The van der Waals surface area contributed by atoms with Crippen molar-refractivity contribution in [3.05, 3.63) is 66.2 Å². The van der Waals surface area contributed by atoms with Crippen molar-refractivity contribution in [3.8, 4) is 5.75 Å². The lowest BCUT2D eigenvalue weighted by Gasteiger charge is -2.17. The van der Waals surface area contributed by atoms with E-state index in [4.69, 9.17) is 9.72 Å². The lowest BCUT2D eigenvalue weighted by Crippen LogP contribution is -2.09. The molecule has 6 nitrogen and oxygen atoms in total. The normalized spacial score (nSPS) is 11.2. The number of benzene rings is 3. The van der Waals surface area contributed by atoms with Gasteiger partial charge >= 0.3 is 0 Å². The first kappa shape index (κ1) is 21.7.